The Kier molecular flexibility index (Phi) is 22.7. The van der Waals surface area contributed by atoms with Crippen LogP contribution < -0.4 is 0 Å². The van der Waals surface area contributed by atoms with Crippen molar-refractivity contribution in [3.05, 3.63) is 0 Å². The summed E-state index contributed by atoms with van der Waals surface area (Å²) in [7, 11) is 0. The number of hydrogen-bond donors (Lipinski definition) is 0. The fraction of sp³-hybridized carbons (Fsp3) is 1.00. The van der Waals surface area contributed by atoms with Gasteiger partial charge >= 0.3 is 0 Å². The van der Waals surface area contributed by atoms with Crippen LogP contribution in [0.25, 0.3) is 0 Å². The first-order valence-electron chi connectivity index (χ1n) is 14.1. The molecule has 0 aliphatic rings. The van der Waals surface area contributed by atoms with Gasteiger partial charge in [-0.25, -0.2) is 0 Å². The quantitative estimate of drug-likeness (QED) is 0.139. The van der Waals surface area contributed by atoms with Crippen LogP contribution in [0.1, 0.15) is 182 Å². The van der Waals surface area contributed by atoms with Gasteiger partial charge in [-0.3, -0.25) is 0 Å². The molecule has 0 fully saturated rings. The maximum atomic E-state index is 2.50. The summed E-state index contributed by atoms with van der Waals surface area (Å²) >= 11 is 0. The largest absolute Gasteiger partial charge is 0.0654 e. The van der Waals surface area contributed by atoms with Crippen LogP contribution in [0.5, 0.6) is 0 Å². The van der Waals surface area contributed by atoms with Crippen molar-refractivity contribution in [3.63, 3.8) is 0 Å². The molecule has 29 heavy (non-hydrogen) atoms. The van der Waals surface area contributed by atoms with E-state index in [2.05, 4.69) is 27.7 Å². The molecule has 0 aromatic heterocycles. The zero-order chi connectivity index (χ0) is 21.5. The van der Waals surface area contributed by atoms with E-state index in [-0.39, 0.29) is 0 Å². The predicted octanol–water partition coefficient (Wildman–Crippen LogP) is 11.4. The van der Waals surface area contributed by atoms with Crippen LogP contribution in [0.4, 0.5) is 0 Å². The van der Waals surface area contributed by atoms with E-state index in [4.69, 9.17) is 0 Å². The fourth-order valence-electron chi connectivity index (χ4n) is 4.66. The minimum absolute atomic E-state index is 0.584. The summed E-state index contributed by atoms with van der Waals surface area (Å²) in [4.78, 5) is 0. The minimum Gasteiger partial charge on any atom is -0.0654 e. The second-order valence-electron chi connectivity index (χ2n) is 10.7. The van der Waals surface area contributed by atoms with Crippen LogP contribution in [-0.4, -0.2) is 0 Å². The lowest BCUT2D eigenvalue weighted by atomic mass is 9.82. The number of hydrogen-bond acceptors (Lipinski definition) is 0. The minimum atomic E-state index is 0.584. The number of rotatable bonds is 24. The topological polar surface area (TPSA) is 0 Å². The van der Waals surface area contributed by atoms with Crippen LogP contribution in [0, 0.1) is 5.41 Å². The molecule has 0 atom stereocenters. The van der Waals surface area contributed by atoms with Crippen LogP contribution in [0.15, 0.2) is 0 Å². The molecule has 0 amide bonds. The van der Waals surface area contributed by atoms with Crippen LogP contribution in [0.2, 0.25) is 0 Å². The Morgan fingerprint density at radius 2 is 0.517 bits per heavy atom. The molecular formula is C29H60. The van der Waals surface area contributed by atoms with E-state index in [1.807, 2.05) is 0 Å². The first-order valence-corrected chi connectivity index (χ1v) is 14.1. The van der Waals surface area contributed by atoms with Crippen LogP contribution >= 0.6 is 0 Å². The Hall–Kier alpha value is 0. The highest BCUT2D eigenvalue weighted by atomic mass is 14.2. The average Bonchev–Trinajstić information content (AvgIpc) is 2.70. The van der Waals surface area contributed by atoms with Crippen molar-refractivity contribution >= 4 is 0 Å². The fourth-order valence-corrected chi connectivity index (χ4v) is 4.66. The molecule has 0 rings (SSSR count). The molecule has 0 aromatic rings. The summed E-state index contributed by atoms with van der Waals surface area (Å²) < 4.78 is 0. The van der Waals surface area contributed by atoms with Gasteiger partial charge in [-0.15, -0.1) is 0 Å². The molecule has 0 heterocycles. The van der Waals surface area contributed by atoms with Gasteiger partial charge in [-0.1, -0.05) is 169 Å². The molecule has 0 saturated heterocycles. The monoisotopic (exact) mass is 408 g/mol. The van der Waals surface area contributed by atoms with E-state index >= 15 is 0 Å². The Labute approximate surface area is 187 Å². The van der Waals surface area contributed by atoms with E-state index < -0.39 is 0 Å². The summed E-state index contributed by atoms with van der Waals surface area (Å²) in [6, 6.07) is 0. The third-order valence-electron chi connectivity index (χ3n) is 6.91. The van der Waals surface area contributed by atoms with Crippen molar-refractivity contribution in [2.24, 2.45) is 5.41 Å². The molecule has 0 bridgehead atoms. The third-order valence-corrected chi connectivity index (χ3v) is 6.91. The molecule has 0 heteroatoms. The van der Waals surface area contributed by atoms with E-state index in [0.29, 0.717) is 5.41 Å². The molecular weight excluding hydrogens is 348 g/mol. The van der Waals surface area contributed by atoms with Gasteiger partial charge in [0, 0.05) is 0 Å². The Morgan fingerprint density at radius 3 is 0.759 bits per heavy atom. The summed E-state index contributed by atoms with van der Waals surface area (Å²) in [6.07, 6.45) is 35.0. The highest BCUT2D eigenvalue weighted by molar-refractivity contribution is 4.68. The molecule has 0 spiro atoms. The molecule has 0 aromatic carbocycles. The molecule has 0 radical (unpaired) electrons. The molecule has 0 N–H and O–H groups in total. The van der Waals surface area contributed by atoms with Crippen molar-refractivity contribution in [2.75, 3.05) is 0 Å². The second kappa shape index (κ2) is 22.7. The smallest absolute Gasteiger partial charge is 0.0354 e. The lowest BCUT2D eigenvalue weighted by Crippen LogP contribution is -2.11. The normalized spacial score (nSPS) is 12.0. The van der Waals surface area contributed by atoms with Crippen molar-refractivity contribution in [3.8, 4) is 0 Å². The molecule has 0 nitrogen and oxygen atoms in total. The summed E-state index contributed by atoms with van der Waals surface area (Å²) in [5.74, 6) is 0. The lowest BCUT2D eigenvalue weighted by Gasteiger charge is -2.24. The van der Waals surface area contributed by atoms with Gasteiger partial charge in [0.1, 0.15) is 0 Å². The zero-order valence-electron chi connectivity index (χ0n) is 21.5. The van der Waals surface area contributed by atoms with E-state index in [1.165, 1.54) is 154 Å². The first kappa shape index (κ1) is 29.0. The zero-order valence-corrected chi connectivity index (χ0v) is 21.5. The highest BCUT2D eigenvalue weighted by Crippen LogP contribution is 2.30. The molecule has 0 aliphatic carbocycles. The van der Waals surface area contributed by atoms with E-state index in [0.717, 1.165) is 0 Å². The van der Waals surface area contributed by atoms with Gasteiger partial charge in [0.2, 0.25) is 0 Å². The molecule has 0 aliphatic heterocycles. The van der Waals surface area contributed by atoms with Gasteiger partial charge in [0.05, 0.1) is 0 Å². The highest BCUT2D eigenvalue weighted by Gasteiger charge is 2.16. The van der Waals surface area contributed by atoms with Gasteiger partial charge in [0.15, 0.2) is 0 Å². The standard InChI is InChI=1S/C29H60/c1-5-7-9-11-13-14-15-16-17-18-19-20-21-22-24-26-28-29(3,4)27-25-23-12-10-8-6-2/h5-28H2,1-4H3. The van der Waals surface area contributed by atoms with Crippen molar-refractivity contribution in [1.29, 1.82) is 0 Å². The van der Waals surface area contributed by atoms with E-state index in [9.17, 15) is 0 Å². The third kappa shape index (κ3) is 24.1. The Bertz CT molecular complexity index is 290. The summed E-state index contributed by atoms with van der Waals surface area (Å²) in [5, 5.41) is 0. The predicted molar refractivity (Wildman–Crippen MR) is 136 cm³/mol. The summed E-state index contributed by atoms with van der Waals surface area (Å²) in [6.45, 7) is 9.62. The van der Waals surface area contributed by atoms with Crippen LogP contribution in [0.3, 0.4) is 0 Å². The van der Waals surface area contributed by atoms with Crippen molar-refractivity contribution < 1.29 is 0 Å². The maximum Gasteiger partial charge on any atom is -0.0354 e. The summed E-state index contributed by atoms with van der Waals surface area (Å²) in [5.41, 5.74) is 0.584. The second-order valence-corrected chi connectivity index (χ2v) is 10.7. The molecule has 0 unspecified atom stereocenters. The molecule has 0 saturated carbocycles. The average molecular weight is 409 g/mol. The molecule has 176 valence electrons. The van der Waals surface area contributed by atoms with Gasteiger partial charge in [-0.2, -0.15) is 0 Å². The van der Waals surface area contributed by atoms with Crippen molar-refractivity contribution in [1.82, 2.24) is 0 Å². The first-order chi connectivity index (χ1) is 14.1. The van der Waals surface area contributed by atoms with Crippen LogP contribution in [-0.2, 0) is 0 Å². The maximum absolute atomic E-state index is 2.50. The van der Waals surface area contributed by atoms with Gasteiger partial charge in [0.25, 0.3) is 0 Å². The Morgan fingerprint density at radius 1 is 0.310 bits per heavy atom. The lowest BCUT2D eigenvalue weighted by molar-refractivity contribution is 0.282. The van der Waals surface area contributed by atoms with Gasteiger partial charge < -0.3 is 0 Å². The Balaban J connectivity index is 3.23. The van der Waals surface area contributed by atoms with E-state index in [1.54, 1.807) is 0 Å². The number of unbranched alkanes of at least 4 members (excludes halogenated alkanes) is 20. The van der Waals surface area contributed by atoms with Gasteiger partial charge in [-0.05, 0) is 18.3 Å². The van der Waals surface area contributed by atoms with Crippen molar-refractivity contribution in [2.45, 2.75) is 182 Å². The SMILES string of the molecule is CCCCCCCCCCCCCCCCCCC(C)(C)CCCCCCCC.